The van der Waals surface area contributed by atoms with Crippen molar-refractivity contribution in [3.63, 3.8) is 0 Å². The summed E-state index contributed by atoms with van der Waals surface area (Å²) in [6, 6.07) is 23.4. The molecule has 0 radical (unpaired) electrons. The van der Waals surface area contributed by atoms with Gasteiger partial charge in [0, 0.05) is 16.2 Å². The molecule has 3 aromatic carbocycles. The van der Waals surface area contributed by atoms with Crippen molar-refractivity contribution in [3.8, 4) is 5.75 Å². The highest BCUT2D eigenvalue weighted by molar-refractivity contribution is 9.10. The molecule has 4 rings (SSSR count). The van der Waals surface area contributed by atoms with Crippen molar-refractivity contribution in [3.05, 3.63) is 112 Å². The fraction of sp³-hybridized carbons (Fsp3) is 0.120. The van der Waals surface area contributed by atoms with Gasteiger partial charge in [0.1, 0.15) is 12.4 Å². The summed E-state index contributed by atoms with van der Waals surface area (Å²) in [6.45, 7) is 3.10. The molecule has 0 saturated carbocycles. The lowest BCUT2D eigenvalue weighted by Gasteiger charge is -2.08. The molecule has 0 spiro atoms. The maximum atomic E-state index is 12.7. The van der Waals surface area contributed by atoms with Crippen LogP contribution in [0.2, 0.25) is 0 Å². The van der Waals surface area contributed by atoms with Gasteiger partial charge in [-0.3, -0.25) is 9.48 Å². The van der Waals surface area contributed by atoms with Crippen molar-refractivity contribution >= 4 is 27.5 Å². The molecule has 0 unspecified atom stereocenters. The first-order valence-corrected chi connectivity index (χ1v) is 10.7. The van der Waals surface area contributed by atoms with Gasteiger partial charge in [-0.15, -0.1) is 0 Å². The summed E-state index contributed by atoms with van der Waals surface area (Å²) in [5.41, 5.74) is 4.53. The lowest BCUT2D eigenvalue weighted by Crippen LogP contribution is -2.12. The minimum absolute atomic E-state index is 0.181. The molecule has 0 aliphatic rings. The third-order valence-corrected chi connectivity index (χ3v) is 5.24. The van der Waals surface area contributed by atoms with Crippen LogP contribution < -0.4 is 10.1 Å². The van der Waals surface area contributed by atoms with E-state index in [2.05, 4.69) is 57.5 Å². The van der Waals surface area contributed by atoms with Gasteiger partial charge in [-0.2, -0.15) is 5.10 Å². The first-order valence-electron chi connectivity index (χ1n) is 9.92. The number of nitrogens with one attached hydrogen (secondary N) is 1. The molecule has 1 amide bonds. The van der Waals surface area contributed by atoms with Gasteiger partial charge in [0.15, 0.2) is 0 Å². The fourth-order valence-corrected chi connectivity index (χ4v) is 3.50. The average molecular weight is 476 g/mol. The number of aromatic nitrogens is 2. The molecular formula is C25H22BrN3O2. The Morgan fingerprint density at radius 2 is 1.84 bits per heavy atom. The van der Waals surface area contributed by atoms with E-state index < -0.39 is 0 Å². The van der Waals surface area contributed by atoms with Gasteiger partial charge in [-0.1, -0.05) is 64.0 Å². The van der Waals surface area contributed by atoms with E-state index in [1.54, 1.807) is 12.3 Å². The minimum Gasteiger partial charge on any atom is -0.489 e. The van der Waals surface area contributed by atoms with Crippen LogP contribution >= 0.6 is 15.9 Å². The van der Waals surface area contributed by atoms with Gasteiger partial charge in [-0.05, 0) is 48.4 Å². The summed E-state index contributed by atoms with van der Waals surface area (Å²) in [5, 5.41) is 7.26. The van der Waals surface area contributed by atoms with Crippen LogP contribution in [-0.4, -0.2) is 15.7 Å². The second kappa shape index (κ2) is 9.62. The molecule has 156 valence electrons. The summed E-state index contributed by atoms with van der Waals surface area (Å²) in [4.78, 5) is 12.7. The van der Waals surface area contributed by atoms with Gasteiger partial charge < -0.3 is 10.1 Å². The number of hydrogen-bond donors (Lipinski definition) is 1. The predicted molar refractivity (Wildman–Crippen MR) is 125 cm³/mol. The molecule has 5 nitrogen and oxygen atoms in total. The molecule has 1 N–H and O–H groups in total. The molecular weight excluding hydrogens is 454 g/mol. The summed E-state index contributed by atoms with van der Waals surface area (Å²) in [5.74, 6) is 0.587. The number of hydrogen-bond acceptors (Lipinski definition) is 3. The van der Waals surface area contributed by atoms with Crippen LogP contribution in [0.25, 0.3) is 0 Å². The number of aryl methyl sites for hydroxylation is 1. The van der Waals surface area contributed by atoms with Crippen molar-refractivity contribution in [2.75, 3.05) is 5.32 Å². The third kappa shape index (κ3) is 5.83. The average Bonchev–Trinajstić information content (AvgIpc) is 3.21. The molecule has 0 atom stereocenters. The predicted octanol–water partition coefficient (Wildman–Crippen LogP) is 5.83. The van der Waals surface area contributed by atoms with Crippen LogP contribution in [0.4, 0.5) is 5.69 Å². The molecule has 0 fully saturated rings. The van der Waals surface area contributed by atoms with Crippen LogP contribution in [0.1, 0.15) is 27.0 Å². The first-order chi connectivity index (χ1) is 15.0. The van der Waals surface area contributed by atoms with Crippen molar-refractivity contribution < 1.29 is 9.53 Å². The minimum atomic E-state index is -0.181. The lowest BCUT2D eigenvalue weighted by molar-refractivity contribution is 0.102. The van der Waals surface area contributed by atoms with E-state index >= 15 is 0 Å². The van der Waals surface area contributed by atoms with Crippen LogP contribution in [0, 0.1) is 6.92 Å². The van der Waals surface area contributed by atoms with Crippen molar-refractivity contribution in [2.24, 2.45) is 0 Å². The maximum absolute atomic E-state index is 12.7. The van der Waals surface area contributed by atoms with E-state index in [1.165, 1.54) is 5.56 Å². The lowest BCUT2D eigenvalue weighted by atomic mass is 10.1. The normalized spacial score (nSPS) is 10.6. The van der Waals surface area contributed by atoms with Crippen molar-refractivity contribution in [1.29, 1.82) is 0 Å². The summed E-state index contributed by atoms with van der Waals surface area (Å²) in [6.07, 6.45) is 3.49. The monoisotopic (exact) mass is 475 g/mol. The Balaban J connectivity index is 1.37. The number of carbonyl (C=O) groups is 1. The van der Waals surface area contributed by atoms with Gasteiger partial charge in [-0.25, -0.2) is 0 Å². The molecule has 0 saturated heterocycles. The smallest absolute Gasteiger partial charge is 0.255 e. The molecule has 1 heterocycles. The van der Waals surface area contributed by atoms with Gasteiger partial charge in [0.05, 0.1) is 18.4 Å². The fourth-order valence-electron chi connectivity index (χ4n) is 3.12. The van der Waals surface area contributed by atoms with Gasteiger partial charge in [0.25, 0.3) is 5.91 Å². The van der Waals surface area contributed by atoms with E-state index in [1.807, 2.05) is 53.3 Å². The molecule has 6 heteroatoms. The molecule has 31 heavy (non-hydrogen) atoms. The molecule has 1 aromatic heterocycles. The Morgan fingerprint density at radius 1 is 1.03 bits per heavy atom. The second-order valence-electron chi connectivity index (χ2n) is 7.31. The Morgan fingerprint density at radius 3 is 2.65 bits per heavy atom. The Labute approximate surface area is 189 Å². The van der Waals surface area contributed by atoms with E-state index in [0.717, 1.165) is 21.3 Å². The van der Waals surface area contributed by atoms with Crippen LogP contribution in [0.3, 0.4) is 0 Å². The standard InChI is InChI=1S/C25H22BrN3O2/c1-18-8-10-19(11-9-18)15-29-16-23(14-27-29)28-25(30)21-5-2-4-20(12-21)17-31-24-7-3-6-22(26)13-24/h2-14,16H,15,17H2,1H3,(H,28,30). The molecule has 0 aliphatic heterocycles. The zero-order chi connectivity index (χ0) is 21.6. The highest BCUT2D eigenvalue weighted by Gasteiger charge is 2.09. The number of anilines is 1. The summed E-state index contributed by atoms with van der Waals surface area (Å²) >= 11 is 3.43. The van der Waals surface area contributed by atoms with Crippen LogP contribution in [-0.2, 0) is 13.2 Å². The maximum Gasteiger partial charge on any atom is 0.255 e. The number of benzene rings is 3. The topological polar surface area (TPSA) is 56.2 Å². The van der Waals surface area contributed by atoms with Crippen LogP contribution in [0.15, 0.2) is 89.7 Å². The summed E-state index contributed by atoms with van der Waals surface area (Å²) in [7, 11) is 0. The van der Waals surface area contributed by atoms with E-state index in [9.17, 15) is 4.79 Å². The third-order valence-electron chi connectivity index (χ3n) is 4.75. The molecule has 0 aliphatic carbocycles. The number of rotatable bonds is 7. The Bertz CT molecular complexity index is 1190. The van der Waals surface area contributed by atoms with Gasteiger partial charge >= 0.3 is 0 Å². The SMILES string of the molecule is Cc1ccc(Cn2cc(NC(=O)c3cccc(COc4cccc(Br)c4)c3)cn2)cc1. The second-order valence-corrected chi connectivity index (χ2v) is 8.23. The first kappa shape index (κ1) is 20.9. The number of ether oxygens (including phenoxy) is 1. The van der Waals surface area contributed by atoms with Crippen molar-refractivity contribution in [2.45, 2.75) is 20.1 Å². The highest BCUT2D eigenvalue weighted by Crippen LogP contribution is 2.19. The van der Waals surface area contributed by atoms with E-state index in [-0.39, 0.29) is 5.91 Å². The van der Waals surface area contributed by atoms with E-state index in [0.29, 0.717) is 24.4 Å². The number of nitrogens with zero attached hydrogens (tertiary/aromatic N) is 2. The van der Waals surface area contributed by atoms with Gasteiger partial charge in [0.2, 0.25) is 0 Å². The zero-order valence-corrected chi connectivity index (χ0v) is 18.7. The zero-order valence-electron chi connectivity index (χ0n) is 17.1. The molecule has 0 bridgehead atoms. The van der Waals surface area contributed by atoms with Crippen molar-refractivity contribution in [1.82, 2.24) is 9.78 Å². The Kier molecular flexibility index (Phi) is 6.48. The number of amides is 1. The Hall–Kier alpha value is -3.38. The van der Waals surface area contributed by atoms with E-state index in [4.69, 9.17) is 4.74 Å². The number of halogens is 1. The quantitative estimate of drug-likeness (QED) is 0.365. The molecule has 4 aromatic rings. The van der Waals surface area contributed by atoms with Crippen LogP contribution in [0.5, 0.6) is 5.75 Å². The number of carbonyl (C=O) groups excluding carboxylic acids is 1. The largest absolute Gasteiger partial charge is 0.489 e. The highest BCUT2D eigenvalue weighted by atomic mass is 79.9. The summed E-state index contributed by atoms with van der Waals surface area (Å²) < 4.78 is 8.59.